The summed E-state index contributed by atoms with van der Waals surface area (Å²) < 4.78 is 27.7. The van der Waals surface area contributed by atoms with E-state index in [1.54, 1.807) is 12.3 Å². The molecular weight excluding hydrogens is 262 g/mol. The number of hydrogen-bond acceptors (Lipinski definition) is 4. The summed E-state index contributed by atoms with van der Waals surface area (Å²) in [5.74, 6) is 0.655. The van der Waals surface area contributed by atoms with Gasteiger partial charge in [-0.3, -0.25) is 0 Å². The molecule has 1 aromatic heterocycles. The van der Waals surface area contributed by atoms with Gasteiger partial charge in [-0.05, 0) is 18.6 Å². The number of sulfone groups is 1. The second-order valence-corrected chi connectivity index (χ2v) is 6.81. The van der Waals surface area contributed by atoms with E-state index in [1.807, 2.05) is 25.1 Å². The Hall–Kier alpha value is -1.75. The molecule has 0 fully saturated rings. The highest BCUT2D eigenvalue weighted by Gasteiger charge is 2.09. The van der Waals surface area contributed by atoms with Crippen molar-refractivity contribution < 1.29 is 12.8 Å². The second-order valence-electron chi connectivity index (χ2n) is 4.67. The summed E-state index contributed by atoms with van der Waals surface area (Å²) in [5.41, 5.74) is 3.05. The van der Waals surface area contributed by atoms with Crippen molar-refractivity contribution in [2.75, 3.05) is 17.4 Å². The van der Waals surface area contributed by atoms with Crippen LogP contribution in [0.2, 0.25) is 0 Å². The largest absolute Gasteiger partial charge is 0.467 e. The van der Waals surface area contributed by atoms with Crippen LogP contribution in [-0.2, 0) is 16.3 Å². The normalized spacial score (nSPS) is 11.5. The van der Waals surface area contributed by atoms with Gasteiger partial charge in [-0.25, -0.2) is 8.42 Å². The maximum atomic E-state index is 11.1. The lowest BCUT2D eigenvalue weighted by Crippen LogP contribution is -2.12. The van der Waals surface area contributed by atoms with E-state index < -0.39 is 9.84 Å². The van der Waals surface area contributed by atoms with Crippen LogP contribution in [0, 0.1) is 6.92 Å². The van der Waals surface area contributed by atoms with Crippen molar-refractivity contribution in [3.8, 4) is 0 Å². The number of rotatable bonds is 5. The minimum absolute atomic E-state index is 0.0899. The first-order chi connectivity index (χ1) is 8.94. The first kappa shape index (κ1) is 13.7. The van der Waals surface area contributed by atoms with E-state index in [2.05, 4.69) is 11.4 Å². The van der Waals surface area contributed by atoms with Crippen molar-refractivity contribution in [3.63, 3.8) is 0 Å². The Morgan fingerprint density at radius 2 is 2.05 bits per heavy atom. The van der Waals surface area contributed by atoms with Gasteiger partial charge in [0.15, 0.2) is 9.84 Å². The predicted molar refractivity (Wildman–Crippen MR) is 76.0 cm³/mol. The molecule has 0 atom stereocenters. The van der Waals surface area contributed by atoms with Crippen molar-refractivity contribution in [3.05, 3.63) is 53.5 Å². The van der Waals surface area contributed by atoms with Crippen molar-refractivity contribution >= 4 is 15.5 Å². The Balaban J connectivity index is 2.11. The lowest BCUT2D eigenvalue weighted by atomic mass is 10.1. The molecule has 0 aliphatic carbocycles. The molecule has 0 unspecified atom stereocenters. The first-order valence-corrected chi connectivity index (χ1v) is 8.03. The van der Waals surface area contributed by atoms with Crippen molar-refractivity contribution in [2.45, 2.75) is 13.3 Å². The monoisotopic (exact) mass is 279 g/mol. The molecule has 0 saturated heterocycles. The number of hydrogen-bond donors (Lipinski definition) is 1. The van der Waals surface area contributed by atoms with Gasteiger partial charge < -0.3 is 9.73 Å². The molecular formula is C14H17NO3S. The molecule has 0 bridgehead atoms. The molecule has 1 N–H and O–H groups in total. The van der Waals surface area contributed by atoms with Crippen molar-refractivity contribution in [2.24, 2.45) is 0 Å². The minimum Gasteiger partial charge on any atom is -0.467 e. The molecule has 1 heterocycles. The third-order valence-electron chi connectivity index (χ3n) is 2.72. The summed E-state index contributed by atoms with van der Waals surface area (Å²) in [6.07, 6.45) is 3.40. The van der Waals surface area contributed by atoms with Gasteiger partial charge in [0.25, 0.3) is 0 Å². The van der Waals surface area contributed by atoms with Gasteiger partial charge in [0.05, 0.1) is 12.0 Å². The number of nitrogens with one attached hydrogen (secondary N) is 1. The fourth-order valence-electron chi connectivity index (χ4n) is 1.85. The molecule has 0 aliphatic heterocycles. The topological polar surface area (TPSA) is 59.3 Å². The molecule has 19 heavy (non-hydrogen) atoms. The van der Waals surface area contributed by atoms with Gasteiger partial charge in [0.1, 0.15) is 11.6 Å². The SMILES string of the molecule is Cc1cccc(Cc2occc2NCS(C)(=O)=O)c1. The van der Waals surface area contributed by atoms with Crippen LogP contribution in [0.15, 0.2) is 41.0 Å². The Kier molecular flexibility index (Phi) is 3.95. The smallest absolute Gasteiger partial charge is 0.165 e. The van der Waals surface area contributed by atoms with Gasteiger partial charge in [-0.2, -0.15) is 0 Å². The molecule has 0 radical (unpaired) electrons. The third-order valence-corrected chi connectivity index (χ3v) is 3.39. The lowest BCUT2D eigenvalue weighted by molar-refractivity contribution is 0.522. The van der Waals surface area contributed by atoms with Crippen LogP contribution in [0.4, 0.5) is 5.69 Å². The van der Waals surface area contributed by atoms with E-state index in [0.29, 0.717) is 6.42 Å². The van der Waals surface area contributed by atoms with Gasteiger partial charge in [0.2, 0.25) is 0 Å². The molecule has 1 aromatic carbocycles. The maximum Gasteiger partial charge on any atom is 0.165 e. The van der Waals surface area contributed by atoms with E-state index in [-0.39, 0.29) is 5.88 Å². The zero-order valence-electron chi connectivity index (χ0n) is 11.0. The predicted octanol–water partition coefficient (Wildman–Crippen LogP) is 2.59. The summed E-state index contributed by atoms with van der Waals surface area (Å²) in [4.78, 5) is 0. The van der Waals surface area contributed by atoms with E-state index in [9.17, 15) is 8.42 Å². The fourth-order valence-corrected chi connectivity index (χ4v) is 2.27. The summed E-state index contributed by atoms with van der Waals surface area (Å²) >= 11 is 0. The Bertz CT molecular complexity index is 659. The molecule has 4 nitrogen and oxygen atoms in total. The van der Waals surface area contributed by atoms with Crippen LogP contribution in [-0.4, -0.2) is 20.6 Å². The summed E-state index contributed by atoms with van der Waals surface area (Å²) in [6, 6.07) is 9.89. The van der Waals surface area contributed by atoms with Gasteiger partial charge in [0, 0.05) is 12.7 Å². The van der Waals surface area contributed by atoms with Gasteiger partial charge >= 0.3 is 0 Å². The van der Waals surface area contributed by atoms with E-state index in [0.717, 1.165) is 17.0 Å². The summed E-state index contributed by atoms with van der Waals surface area (Å²) in [6.45, 7) is 2.04. The summed E-state index contributed by atoms with van der Waals surface area (Å²) in [5, 5.41) is 2.89. The van der Waals surface area contributed by atoms with Crippen molar-refractivity contribution in [1.29, 1.82) is 0 Å². The van der Waals surface area contributed by atoms with Crippen LogP contribution >= 0.6 is 0 Å². The number of anilines is 1. The van der Waals surface area contributed by atoms with Gasteiger partial charge in [-0.1, -0.05) is 29.8 Å². The molecule has 102 valence electrons. The second kappa shape index (κ2) is 5.48. The molecule has 2 aromatic rings. The molecule has 2 rings (SSSR count). The highest BCUT2D eigenvalue weighted by atomic mass is 32.2. The number of benzene rings is 1. The third kappa shape index (κ3) is 4.13. The molecule has 0 aliphatic rings. The zero-order chi connectivity index (χ0) is 13.9. The average Bonchev–Trinajstić information content (AvgIpc) is 2.73. The molecule has 0 amide bonds. The highest BCUT2D eigenvalue weighted by Crippen LogP contribution is 2.21. The van der Waals surface area contributed by atoms with E-state index >= 15 is 0 Å². The fraction of sp³-hybridized carbons (Fsp3) is 0.286. The minimum atomic E-state index is -3.05. The van der Waals surface area contributed by atoms with Crippen LogP contribution in [0.3, 0.4) is 0 Å². The average molecular weight is 279 g/mol. The van der Waals surface area contributed by atoms with Gasteiger partial charge in [-0.15, -0.1) is 0 Å². The zero-order valence-corrected chi connectivity index (χ0v) is 11.8. The lowest BCUT2D eigenvalue weighted by Gasteiger charge is -2.06. The van der Waals surface area contributed by atoms with Crippen LogP contribution in [0.5, 0.6) is 0 Å². The molecule has 0 spiro atoms. The first-order valence-electron chi connectivity index (χ1n) is 5.97. The Labute approximate surface area is 113 Å². The Morgan fingerprint density at radius 1 is 1.26 bits per heavy atom. The quantitative estimate of drug-likeness (QED) is 0.914. The number of furan rings is 1. The van der Waals surface area contributed by atoms with Crippen LogP contribution in [0.1, 0.15) is 16.9 Å². The molecule has 0 saturated carbocycles. The maximum absolute atomic E-state index is 11.1. The Morgan fingerprint density at radius 3 is 2.74 bits per heavy atom. The van der Waals surface area contributed by atoms with Crippen LogP contribution < -0.4 is 5.32 Å². The van der Waals surface area contributed by atoms with E-state index in [1.165, 1.54) is 11.8 Å². The van der Waals surface area contributed by atoms with Crippen LogP contribution in [0.25, 0.3) is 0 Å². The molecule has 5 heteroatoms. The standard InChI is InChI=1S/C14H17NO3S/c1-11-4-3-5-12(8-11)9-14-13(6-7-18-14)15-10-19(2,16)17/h3-8,15H,9-10H2,1-2H3. The van der Waals surface area contributed by atoms with E-state index in [4.69, 9.17) is 4.42 Å². The highest BCUT2D eigenvalue weighted by molar-refractivity contribution is 7.90. The van der Waals surface area contributed by atoms with Crippen molar-refractivity contribution in [1.82, 2.24) is 0 Å². The summed E-state index contributed by atoms with van der Waals surface area (Å²) in [7, 11) is -3.05. The number of aryl methyl sites for hydroxylation is 1.